The molecule has 3 rings (SSSR count). The van der Waals surface area contributed by atoms with E-state index in [1.54, 1.807) is 43.3 Å². The lowest BCUT2D eigenvalue weighted by Crippen LogP contribution is -2.47. The number of aromatic nitrogens is 1. The minimum Gasteiger partial charge on any atom is -0.494 e. The molecule has 144 valence electrons. The molecule has 7 heteroatoms. The number of carbonyl (C=O) groups excluding carboxylic acids is 2. The van der Waals surface area contributed by atoms with Crippen LogP contribution in [0, 0.1) is 0 Å². The third kappa shape index (κ3) is 4.76. The molecule has 1 aromatic heterocycles. The summed E-state index contributed by atoms with van der Waals surface area (Å²) in [6, 6.07) is 17.8. The first-order valence-corrected chi connectivity index (χ1v) is 8.92. The lowest BCUT2D eigenvalue weighted by Gasteiger charge is -2.15. The Bertz CT molecular complexity index is 973. The number of carbonyl (C=O) groups is 2. The van der Waals surface area contributed by atoms with E-state index in [-0.39, 0.29) is 5.69 Å². The number of hydrogen-bond donors (Lipinski definition) is 2. The van der Waals surface area contributed by atoms with Gasteiger partial charge in [0.05, 0.1) is 12.1 Å². The number of amides is 2. The maximum Gasteiger partial charge on any atom is 0.288 e. The number of benzene rings is 2. The molecule has 2 N–H and O–H groups in total. The molecular weight excluding hydrogens is 358 g/mol. The van der Waals surface area contributed by atoms with Crippen LogP contribution in [0.25, 0.3) is 10.9 Å². The lowest BCUT2D eigenvalue weighted by atomic mass is 10.2. The average molecular weight is 379 g/mol. The Morgan fingerprint density at radius 1 is 0.964 bits per heavy atom. The Kier molecular flexibility index (Phi) is 6.06. The van der Waals surface area contributed by atoms with Crippen molar-refractivity contribution in [2.24, 2.45) is 0 Å². The number of pyridine rings is 1. The molecule has 3 aromatic rings. The molecule has 0 spiro atoms. The second kappa shape index (κ2) is 8.85. The summed E-state index contributed by atoms with van der Waals surface area (Å²) in [6.07, 6.45) is -0.803. The fraction of sp³-hybridized carbons (Fsp3) is 0.190. The molecule has 0 unspecified atom stereocenters. The van der Waals surface area contributed by atoms with Crippen molar-refractivity contribution in [1.82, 2.24) is 15.8 Å². The van der Waals surface area contributed by atoms with E-state index in [2.05, 4.69) is 15.8 Å². The van der Waals surface area contributed by atoms with Crippen LogP contribution in [0.15, 0.2) is 60.7 Å². The van der Waals surface area contributed by atoms with Crippen molar-refractivity contribution in [3.8, 4) is 11.5 Å². The molecule has 0 saturated carbocycles. The summed E-state index contributed by atoms with van der Waals surface area (Å²) in [5.41, 5.74) is 5.62. The van der Waals surface area contributed by atoms with Crippen LogP contribution in [-0.4, -0.2) is 29.5 Å². The standard InChI is InChI=1S/C21H21N3O4/c1-3-27-16-9-11-17(12-10-16)28-14(2)20(25)23-24-21(26)19-13-8-15-6-4-5-7-18(15)22-19/h4-14H,3H2,1-2H3,(H,23,25)(H,24,26)/t14-/m0/s1. The van der Waals surface area contributed by atoms with Gasteiger partial charge in [-0.1, -0.05) is 24.3 Å². The monoisotopic (exact) mass is 379 g/mol. The van der Waals surface area contributed by atoms with Crippen LogP contribution in [0.5, 0.6) is 11.5 Å². The van der Waals surface area contributed by atoms with Gasteiger partial charge in [0, 0.05) is 5.39 Å². The van der Waals surface area contributed by atoms with Crippen molar-refractivity contribution < 1.29 is 19.1 Å². The van der Waals surface area contributed by atoms with Crippen LogP contribution in [0.1, 0.15) is 24.3 Å². The molecule has 0 aliphatic heterocycles. The molecule has 0 bridgehead atoms. The molecule has 1 atom stereocenters. The van der Waals surface area contributed by atoms with Gasteiger partial charge >= 0.3 is 0 Å². The quantitative estimate of drug-likeness (QED) is 0.643. The minimum absolute atomic E-state index is 0.207. The van der Waals surface area contributed by atoms with E-state index in [9.17, 15) is 9.59 Å². The van der Waals surface area contributed by atoms with Gasteiger partial charge in [0.15, 0.2) is 6.10 Å². The van der Waals surface area contributed by atoms with Gasteiger partial charge in [0.2, 0.25) is 0 Å². The zero-order chi connectivity index (χ0) is 19.9. The molecule has 0 saturated heterocycles. The van der Waals surface area contributed by atoms with Crippen molar-refractivity contribution in [3.63, 3.8) is 0 Å². The summed E-state index contributed by atoms with van der Waals surface area (Å²) < 4.78 is 10.9. The summed E-state index contributed by atoms with van der Waals surface area (Å²) in [5, 5.41) is 0.931. The average Bonchev–Trinajstić information content (AvgIpc) is 2.73. The van der Waals surface area contributed by atoms with Crippen LogP contribution < -0.4 is 20.3 Å². The van der Waals surface area contributed by atoms with Crippen LogP contribution >= 0.6 is 0 Å². The van der Waals surface area contributed by atoms with Gasteiger partial charge in [-0.15, -0.1) is 0 Å². The van der Waals surface area contributed by atoms with Gasteiger partial charge in [-0.05, 0) is 50.2 Å². The van der Waals surface area contributed by atoms with Gasteiger partial charge in [-0.3, -0.25) is 20.4 Å². The van der Waals surface area contributed by atoms with E-state index in [1.165, 1.54) is 0 Å². The number of rotatable bonds is 6. The van der Waals surface area contributed by atoms with Gasteiger partial charge < -0.3 is 9.47 Å². The summed E-state index contributed by atoms with van der Waals surface area (Å²) >= 11 is 0. The van der Waals surface area contributed by atoms with Gasteiger partial charge in [0.25, 0.3) is 11.8 Å². The van der Waals surface area contributed by atoms with Gasteiger partial charge in [-0.2, -0.15) is 0 Å². The third-order valence-electron chi connectivity index (χ3n) is 3.95. The van der Waals surface area contributed by atoms with Crippen LogP contribution in [0.3, 0.4) is 0 Å². The summed E-state index contributed by atoms with van der Waals surface area (Å²) in [5.74, 6) is 0.256. The fourth-order valence-corrected chi connectivity index (χ4v) is 2.52. The Hall–Kier alpha value is -3.61. The Labute approximate surface area is 162 Å². The molecule has 0 aliphatic carbocycles. The molecule has 7 nitrogen and oxygen atoms in total. The maximum atomic E-state index is 12.2. The van der Waals surface area contributed by atoms with Crippen molar-refractivity contribution in [1.29, 1.82) is 0 Å². The van der Waals surface area contributed by atoms with E-state index in [4.69, 9.17) is 9.47 Å². The SMILES string of the molecule is CCOc1ccc(O[C@@H](C)C(=O)NNC(=O)c2ccc3ccccc3n2)cc1. The molecule has 0 fully saturated rings. The first kappa shape index (κ1) is 19.2. The topological polar surface area (TPSA) is 89.5 Å². The van der Waals surface area contributed by atoms with E-state index in [1.807, 2.05) is 31.2 Å². The minimum atomic E-state index is -0.803. The summed E-state index contributed by atoms with van der Waals surface area (Å²) in [7, 11) is 0. The number of hydrazine groups is 1. The second-order valence-electron chi connectivity index (χ2n) is 6.00. The van der Waals surface area contributed by atoms with E-state index in [0.29, 0.717) is 17.9 Å². The Balaban J connectivity index is 1.53. The second-order valence-corrected chi connectivity index (χ2v) is 6.00. The smallest absolute Gasteiger partial charge is 0.288 e. The van der Waals surface area contributed by atoms with Crippen molar-refractivity contribution in [2.75, 3.05) is 6.61 Å². The van der Waals surface area contributed by atoms with Gasteiger partial charge in [0.1, 0.15) is 17.2 Å². The number of ether oxygens (including phenoxy) is 2. The number of fused-ring (bicyclic) bond motifs is 1. The lowest BCUT2D eigenvalue weighted by molar-refractivity contribution is -0.128. The predicted molar refractivity (Wildman–Crippen MR) is 105 cm³/mol. The first-order chi connectivity index (χ1) is 13.6. The number of nitrogens with one attached hydrogen (secondary N) is 2. The first-order valence-electron chi connectivity index (χ1n) is 8.92. The number of hydrogen-bond acceptors (Lipinski definition) is 5. The zero-order valence-corrected chi connectivity index (χ0v) is 15.6. The molecule has 2 aromatic carbocycles. The molecule has 0 aliphatic rings. The van der Waals surface area contributed by atoms with E-state index < -0.39 is 17.9 Å². The van der Waals surface area contributed by atoms with Crippen molar-refractivity contribution >= 4 is 22.7 Å². The number of para-hydroxylation sites is 1. The molecule has 2 amide bonds. The highest BCUT2D eigenvalue weighted by atomic mass is 16.5. The van der Waals surface area contributed by atoms with Crippen LogP contribution in [0.4, 0.5) is 0 Å². The summed E-state index contributed by atoms with van der Waals surface area (Å²) in [6.45, 7) is 4.07. The van der Waals surface area contributed by atoms with E-state index >= 15 is 0 Å². The van der Waals surface area contributed by atoms with Crippen molar-refractivity contribution in [2.45, 2.75) is 20.0 Å². The highest BCUT2D eigenvalue weighted by Crippen LogP contribution is 2.18. The molecule has 0 radical (unpaired) electrons. The third-order valence-corrected chi connectivity index (χ3v) is 3.95. The zero-order valence-electron chi connectivity index (χ0n) is 15.6. The van der Waals surface area contributed by atoms with Crippen molar-refractivity contribution in [3.05, 3.63) is 66.4 Å². The number of nitrogens with zero attached hydrogens (tertiary/aromatic N) is 1. The Morgan fingerprint density at radius 2 is 1.68 bits per heavy atom. The normalized spacial score (nSPS) is 11.5. The highest BCUT2D eigenvalue weighted by molar-refractivity contribution is 5.96. The van der Waals surface area contributed by atoms with E-state index in [0.717, 1.165) is 11.1 Å². The molecular formula is C21H21N3O4. The van der Waals surface area contributed by atoms with Crippen LogP contribution in [-0.2, 0) is 4.79 Å². The highest BCUT2D eigenvalue weighted by Gasteiger charge is 2.16. The summed E-state index contributed by atoms with van der Waals surface area (Å²) in [4.78, 5) is 28.7. The fourth-order valence-electron chi connectivity index (χ4n) is 2.52. The van der Waals surface area contributed by atoms with Gasteiger partial charge in [-0.25, -0.2) is 4.98 Å². The molecule has 1 heterocycles. The molecule has 28 heavy (non-hydrogen) atoms. The Morgan fingerprint density at radius 3 is 2.43 bits per heavy atom. The largest absolute Gasteiger partial charge is 0.494 e. The predicted octanol–water partition coefficient (Wildman–Crippen LogP) is 2.86. The maximum absolute atomic E-state index is 12.2. The van der Waals surface area contributed by atoms with Crippen LogP contribution in [0.2, 0.25) is 0 Å².